The van der Waals surface area contributed by atoms with Gasteiger partial charge in [-0.3, -0.25) is 9.48 Å². The third kappa shape index (κ3) is 2.73. The average Bonchev–Trinajstić information content (AvgIpc) is 3.40. The Morgan fingerprint density at radius 2 is 2.42 bits per heavy atom. The second-order valence-corrected chi connectivity index (χ2v) is 6.68. The van der Waals surface area contributed by atoms with Crippen LogP contribution in [0.25, 0.3) is 11.5 Å². The van der Waals surface area contributed by atoms with Gasteiger partial charge in [0, 0.05) is 36.8 Å². The topological polar surface area (TPSA) is 77.0 Å². The van der Waals surface area contributed by atoms with Gasteiger partial charge in [-0.1, -0.05) is 5.16 Å². The van der Waals surface area contributed by atoms with E-state index in [0.717, 1.165) is 12.0 Å². The number of carbonyl (C=O) groups excluding carboxylic acids is 1. The number of amides is 1. The van der Waals surface area contributed by atoms with Crippen LogP contribution in [0.3, 0.4) is 0 Å². The molecule has 0 aliphatic carbocycles. The first-order chi connectivity index (χ1) is 11.7. The van der Waals surface area contributed by atoms with Gasteiger partial charge in [0.25, 0.3) is 5.89 Å². The van der Waals surface area contributed by atoms with Crippen molar-refractivity contribution < 1.29 is 9.32 Å². The summed E-state index contributed by atoms with van der Waals surface area (Å²) in [4.78, 5) is 19.0. The van der Waals surface area contributed by atoms with Crippen LogP contribution in [0.5, 0.6) is 0 Å². The summed E-state index contributed by atoms with van der Waals surface area (Å²) in [6.07, 6.45) is 4.34. The lowest BCUT2D eigenvalue weighted by Crippen LogP contribution is -2.34. The van der Waals surface area contributed by atoms with Crippen molar-refractivity contribution in [3.05, 3.63) is 41.1 Å². The van der Waals surface area contributed by atoms with Crippen LogP contribution in [0.2, 0.25) is 0 Å². The highest BCUT2D eigenvalue weighted by Gasteiger charge is 2.33. The molecule has 2 atom stereocenters. The Morgan fingerprint density at radius 1 is 1.50 bits per heavy atom. The number of nitrogens with zero attached hydrogens (tertiary/aromatic N) is 5. The van der Waals surface area contributed by atoms with E-state index in [1.54, 1.807) is 22.2 Å². The Labute approximate surface area is 142 Å². The molecule has 0 N–H and O–H groups in total. The highest BCUT2D eigenvalue weighted by Crippen LogP contribution is 2.29. The average molecular weight is 343 g/mol. The number of hydrogen-bond donors (Lipinski definition) is 0. The van der Waals surface area contributed by atoms with Gasteiger partial charge in [-0.25, -0.2) is 0 Å². The zero-order valence-electron chi connectivity index (χ0n) is 13.2. The van der Waals surface area contributed by atoms with Crippen LogP contribution < -0.4 is 0 Å². The Morgan fingerprint density at radius 3 is 3.17 bits per heavy atom. The molecule has 0 bridgehead atoms. The molecule has 1 aliphatic rings. The van der Waals surface area contributed by atoms with Crippen molar-refractivity contribution in [2.24, 2.45) is 0 Å². The maximum atomic E-state index is 12.6. The van der Waals surface area contributed by atoms with Crippen LogP contribution in [0.1, 0.15) is 31.1 Å². The third-order valence-corrected chi connectivity index (χ3v) is 5.04. The molecule has 0 radical (unpaired) electrons. The minimum absolute atomic E-state index is 0.0720. The fourth-order valence-electron chi connectivity index (χ4n) is 2.96. The molecule has 4 rings (SSSR count). The molecule has 0 unspecified atom stereocenters. The predicted molar refractivity (Wildman–Crippen MR) is 88.5 cm³/mol. The highest BCUT2D eigenvalue weighted by atomic mass is 32.1. The van der Waals surface area contributed by atoms with Gasteiger partial charge in [0.05, 0.1) is 5.56 Å². The van der Waals surface area contributed by atoms with E-state index in [1.807, 2.05) is 40.9 Å². The van der Waals surface area contributed by atoms with Gasteiger partial charge >= 0.3 is 0 Å². The smallest absolute Gasteiger partial charge is 0.258 e. The molecule has 4 heterocycles. The van der Waals surface area contributed by atoms with Crippen LogP contribution in [0, 0.1) is 0 Å². The number of thiophene rings is 1. The highest BCUT2D eigenvalue weighted by molar-refractivity contribution is 7.08. The Hall–Kier alpha value is -2.48. The zero-order valence-corrected chi connectivity index (χ0v) is 14.0. The van der Waals surface area contributed by atoms with E-state index in [2.05, 4.69) is 15.2 Å². The van der Waals surface area contributed by atoms with Gasteiger partial charge in [-0.2, -0.15) is 21.4 Å². The van der Waals surface area contributed by atoms with Gasteiger partial charge in [-0.15, -0.1) is 0 Å². The number of hydrogen-bond acceptors (Lipinski definition) is 6. The van der Waals surface area contributed by atoms with Gasteiger partial charge in [0.2, 0.25) is 5.91 Å². The molecular weight excluding hydrogens is 326 g/mol. The van der Waals surface area contributed by atoms with Crippen LogP contribution >= 0.6 is 11.3 Å². The molecule has 8 heteroatoms. The molecule has 1 amide bonds. The summed E-state index contributed by atoms with van der Waals surface area (Å²) < 4.78 is 7.03. The summed E-state index contributed by atoms with van der Waals surface area (Å²) in [5.41, 5.74) is 0.942. The van der Waals surface area contributed by atoms with Gasteiger partial charge in [0.1, 0.15) is 6.04 Å². The molecule has 7 nitrogen and oxygen atoms in total. The van der Waals surface area contributed by atoms with E-state index in [4.69, 9.17) is 4.52 Å². The minimum Gasteiger partial charge on any atom is -0.340 e. The monoisotopic (exact) mass is 343 g/mol. The van der Waals surface area contributed by atoms with E-state index in [9.17, 15) is 4.79 Å². The second-order valence-electron chi connectivity index (χ2n) is 5.90. The molecule has 0 saturated carbocycles. The van der Waals surface area contributed by atoms with Gasteiger partial charge < -0.3 is 9.42 Å². The summed E-state index contributed by atoms with van der Waals surface area (Å²) in [5.74, 6) is 1.41. The van der Waals surface area contributed by atoms with Crippen LogP contribution in [0.4, 0.5) is 0 Å². The van der Waals surface area contributed by atoms with Crippen molar-refractivity contribution in [1.82, 2.24) is 24.8 Å². The molecule has 0 aromatic carbocycles. The van der Waals surface area contributed by atoms with E-state index < -0.39 is 0 Å². The van der Waals surface area contributed by atoms with Crippen molar-refractivity contribution in [3.63, 3.8) is 0 Å². The maximum absolute atomic E-state index is 12.6. The largest absolute Gasteiger partial charge is 0.340 e. The Kier molecular flexibility index (Phi) is 3.89. The molecule has 1 aliphatic heterocycles. The molecule has 1 saturated heterocycles. The minimum atomic E-state index is -0.301. The second kappa shape index (κ2) is 6.20. The van der Waals surface area contributed by atoms with Crippen molar-refractivity contribution in [2.45, 2.75) is 25.3 Å². The third-order valence-electron chi connectivity index (χ3n) is 4.35. The summed E-state index contributed by atoms with van der Waals surface area (Å²) in [5, 5.41) is 12.2. The number of rotatable bonds is 4. The molecule has 3 aromatic rings. The molecule has 3 aromatic heterocycles. The molecule has 24 heavy (non-hydrogen) atoms. The first-order valence-corrected chi connectivity index (χ1v) is 8.81. The molecular formula is C16H17N5O2S. The van der Waals surface area contributed by atoms with E-state index >= 15 is 0 Å². The number of carbonyl (C=O) groups is 1. The number of aromatic nitrogens is 4. The zero-order chi connectivity index (χ0) is 16.5. The lowest BCUT2D eigenvalue weighted by atomic mass is 10.1. The van der Waals surface area contributed by atoms with Crippen LogP contribution in [-0.2, 0) is 4.79 Å². The summed E-state index contributed by atoms with van der Waals surface area (Å²) in [6.45, 7) is 3.19. The van der Waals surface area contributed by atoms with Crippen molar-refractivity contribution >= 4 is 17.2 Å². The fraction of sp³-hybridized carbons (Fsp3) is 0.375. The van der Waals surface area contributed by atoms with Crippen LogP contribution in [-0.4, -0.2) is 43.8 Å². The SMILES string of the molecule is C[C@@H](C(=O)N1CC[C@H](c2noc(-c3ccsc3)n2)C1)n1cccn1. The molecule has 1 fully saturated rings. The summed E-state index contributed by atoms with van der Waals surface area (Å²) in [7, 11) is 0. The van der Waals surface area contributed by atoms with E-state index in [1.165, 1.54) is 0 Å². The lowest BCUT2D eigenvalue weighted by molar-refractivity contribution is -0.133. The lowest BCUT2D eigenvalue weighted by Gasteiger charge is -2.20. The Balaban J connectivity index is 1.44. The normalized spacial score (nSPS) is 18.9. The summed E-state index contributed by atoms with van der Waals surface area (Å²) in [6, 6.07) is 3.48. The maximum Gasteiger partial charge on any atom is 0.258 e. The van der Waals surface area contributed by atoms with Crippen molar-refractivity contribution in [3.8, 4) is 11.5 Å². The van der Waals surface area contributed by atoms with Gasteiger partial charge in [0.15, 0.2) is 5.82 Å². The molecule has 0 spiro atoms. The van der Waals surface area contributed by atoms with Crippen molar-refractivity contribution in [2.75, 3.05) is 13.1 Å². The number of likely N-dealkylation sites (tertiary alicyclic amines) is 1. The first-order valence-electron chi connectivity index (χ1n) is 7.86. The summed E-state index contributed by atoms with van der Waals surface area (Å²) >= 11 is 1.59. The Bertz CT molecular complexity index is 812. The van der Waals surface area contributed by atoms with E-state index in [0.29, 0.717) is 24.8 Å². The first kappa shape index (κ1) is 15.1. The quantitative estimate of drug-likeness (QED) is 0.727. The van der Waals surface area contributed by atoms with E-state index in [-0.39, 0.29) is 17.9 Å². The van der Waals surface area contributed by atoms with Gasteiger partial charge in [-0.05, 0) is 30.9 Å². The molecule has 124 valence electrons. The predicted octanol–water partition coefficient (Wildman–Crippen LogP) is 2.57. The standard InChI is InChI=1S/C16H17N5O2S/c1-11(21-6-2-5-17-21)16(22)20-7-3-12(9-20)14-18-15(23-19-14)13-4-8-24-10-13/h2,4-6,8,10-12H,3,7,9H2,1H3/t11-,12-/m0/s1. The van der Waals surface area contributed by atoms with Crippen molar-refractivity contribution in [1.29, 1.82) is 0 Å². The van der Waals surface area contributed by atoms with Crippen LogP contribution in [0.15, 0.2) is 39.8 Å². The fourth-order valence-corrected chi connectivity index (χ4v) is 3.59.